The minimum absolute atomic E-state index is 0.492. The zero-order valence-electron chi connectivity index (χ0n) is 9.70. The molecule has 0 amide bonds. The van der Waals surface area contributed by atoms with E-state index in [1.165, 1.54) is 21.2 Å². The van der Waals surface area contributed by atoms with Crippen molar-refractivity contribution in [2.24, 2.45) is 5.73 Å². The Morgan fingerprint density at radius 2 is 2.19 bits per heavy atom. The van der Waals surface area contributed by atoms with Gasteiger partial charge in [-0.25, -0.2) is 0 Å². The van der Waals surface area contributed by atoms with Crippen molar-refractivity contribution in [2.45, 2.75) is 26.2 Å². The van der Waals surface area contributed by atoms with Crippen LogP contribution < -0.4 is 5.73 Å². The van der Waals surface area contributed by atoms with Crippen LogP contribution in [0.2, 0.25) is 0 Å². The van der Waals surface area contributed by atoms with Gasteiger partial charge in [-0.15, -0.1) is 0 Å². The van der Waals surface area contributed by atoms with Crippen molar-refractivity contribution in [3.63, 3.8) is 0 Å². The highest BCUT2D eigenvalue weighted by molar-refractivity contribution is 9.10. The number of pyridine rings is 1. The third-order valence-corrected chi connectivity index (χ3v) is 4.13. The fraction of sp³-hybridized carbons (Fsp3) is 0.385. The van der Waals surface area contributed by atoms with Crippen molar-refractivity contribution in [2.75, 3.05) is 6.54 Å². The van der Waals surface area contributed by atoms with Crippen molar-refractivity contribution >= 4 is 21.4 Å². The predicted octanol–water partition coefficient (Wildman–Crippen LogP) is 3.46. The molecule has 0 aliphatic heterocycles. The van der Waals surface area contributed by atoms with Gasteiger partial charge in [0.05, 0.1) is 5.52 Å². The lowest BCUT2D eigenvalue weighted by molar-refractivity contribution is 0.661. The third-order valence-electron chi connectivity index (χ3n) is 3.12. The van der Waals surface area contributed by atoms with Crippen molar-refractivity contribution in [1.82, 2.24) is 4.40 Å². The Bertz CT molecular complexity index is 502. The molecule has 0 saturated carbocycles. The van der Waals surface area contributed by atoms with Gasteiger partial charge in [0.25, 0.3) is 0 Å². The molecule has 86 valence electrons. The number of hydrogen-bond donors (Lipinski definition) is 1. The van der Waals surface area contributed by atoms with Crippen LogP contribution in [0.5, 0.6) is 0 Å². The summed E-state index contributed by atoms with van der Waals surface area (Å²) >= 11 is 3.67. The molecule has 2 N–H and O–H groups in total. The van der Waals surface area contributed by atoms with E-state index in [0.717, 1.165) is 13.0 Å². The van der Waals surface area contributed by atoms with Gasteiger partial charge in [-0.3, -0.25) is 0 Å². The summed E-state index contributed by atoms with van der Waals surface area (Å²) in [5.74, 6) is 0.492. The second-order valence-electron chi connectivity index (χ2n) is 4.26. The maximum atomic E-state index is 5.65. The van der Waals surface area contributed by atoms with Crippen molar-refractivity contribution < 1.29 is 0 Å². The molecule has 0 bridgehead atoms. The third kappa shape index (κ3) is 1.78. The number of hydrogen-bond acceptors (Lipinski definition) is 1. The summed E-state index contributed by atoms with van der Waals surface area (Å²) in [5.41, 5.74) is 9.58. The largest absolute Gasteiger partial charge is 0.330 e. The minimum atomic E-state index is 0.492. The number of nitrogens with zero attached hydrogens (tertiary/aromatic N) is 1. The van der Waals surface area contributed by atoms with Crippen LogP contribution in [0, 0.1) is 6.92 Å². The van der Waals surface area contributed by atoms with Crippen LogP contribution >= 0.6 is 15.9 Å². The number of aromatic nitrogens is 1. The molecule has 16 heavy (non-hydrogen) atoms. The van der Waals surface area contributed by atoms with E-state index in [9.17, 15) is 0 Å². The van der Waals surface area contributed by atoms with Crippen LogP contribution in [-0.2, 0) is 0 Å². The molecule has 0 radical (unpaired) electrons. The second kappa shape index (κ2) is 4.60. The molecule has 0 fully saturated rings. The Labute approximate surface area is 105 Å². The first-order chi connectivity index (χ1) is 7.66. The summed E-state index contributed by atoms with van der Waals surface area (Å²) in [6.45, 7) is 5.14. The Hall–Kier alpha value is -0.800. The average Bonchev–Trinajstić information content (AvgIpc) is 2.53. The fourth-order valence-corrected chi connectivity index (χ4v) is 2.84. The van der Waals surface area contributed by atoms with Gasteiger partial charge in [0, 0.05) is 16.4 Å². The zero-order chi connectivity index (χ0) is 11.7. The standard InChI is InChI=1S/C13H17BrN2/c1-9(6-7-15)13-10(2)12(14)11-5-3-4-8-16(11)13/h3-5,8-9H,6-7,15H2,1-2H3. The zero-order valence-corrected chi connectivity index (χ0v) is 11.3. The summed E-state index contributed by atoms with van der Waals surface area (Å²) in [6.07, 6.45) is 3.14. The average molecular weight is 281 g/mol. The SMILES string of the molecule is Cc1c(Br)c2ccccn2c1C(C)CCN. The van der Waals surface area contributed by atoms with Gasteiger partial charge in [-0.05, 0) is 59.4 Å². The molecule has 2 rings (SSSR count). The Kier molecular flexibility index (Phi) is 3.36. The molecule has 1 unspecified atom stereocenters. The quantitative estimate of drug-likeness (QED) is 0.917. The Balaban J connectivity index is 2.64. The normalized spacial score (nSPS) is 13.2. The van der Waals surface area contributed by atoms with E-state index in [4.69, 9.17) is 5.73 Å². The molecule has 0 aliphatic carbocycles. The molecule has 0 aliphatic rings. The number of halogens is 1. The molecule has 3 heteroatoms. The van der Waals surface area contributed by atoms with Gasteiger partial charge in [-0.1, -0.05) is 13.0 Å². The van der Waals surface area contributed by atoms with Crippen molar-refractivity contribution in [3.8, 4) is 0 Å². The summed E-state index contributed by atoms with van der Waals surface area (Å²) < 4.78 is 3.46. The van der Waals surface area contributed by atoms with E-state index in [1.54, 1.807) is 0 Å². The number of nitrogens with two attached hydrogens (primary N) is 1. The van der Waals surface area contributed by atoms with Crippen LogP contribution in [0.4, 0.5) is 0 Å². The number of fused-ring (bicyclic) bond motifs is 1. The Morgan fingerprint density at radius 1 is 1.44 bits per heavy atom. The summed E-state index contributed by atoms with van der Waals surface area (Å²) in [6, 6.07) is 6.27. The molecule has 0 spiro atoms. The highest BCUT2D eigenvalue weighted by Crippen LogP contribution is 2.33. The smallest absolute Gasteiger partial charge is 0.0597 e. The van der Waals surface area contributed by atoms with Crippen molar-refractivity contribution in [3.05, 3.63) is 40.1 Å². The van der Waals surface area contributed by atoms with Crippen LogP contribution in [0.1, 0.15) is 30.5 Å². The first-order valence-electron chi connectivity index (χ1n) is 5.62. The van der Waals surface area contributed by atoms with E-state index in [2.05, 4.69) is 58.6 Å². The van der Waals surface area contributed by atoms with Gasteiger partial charge in [0.1, 0.15) is 0 Å². The summed E-state index contributed by atoms with van der Waals surface area (Å²) in [5, 5.41) is 0. The highest BCUT2D eigenvalue weighted by Gasteiger charge is 2.17. The fourth-order valence-electron chi connectivity index (χ4n) is 2.31. The van der Waals surface area contributed by atoms with E-state index in [0.29, 0.717) is 5.92 Å². The lowest BCUT2D eigenvalue weighted by atomic mass is 10.0. The van der Waals surface area contributed by atoms with Gasteiger partial charge >= 0.3 is 0 Å². The minimum Gasteiger partial charge on any atom is -0.330 e. The summed E-state index contributed by atoms with van der Waals surface area (Å²) in [4.78, 5) is 0. The van der Waals surface area contributed by atoms with E-state index < -0.39 is 0 Å². The lowest BCUT2D eigenvalue weighted by Gasteiger charge is -2.12. The van der Waals surface area contributed by atoms with Crippen LogP contribution in [0.3, 0.4) is 0 Å². The highest BCUT2D eigenvalue weighted by atomic mass is 79.9. The van der Waals surface area contributed by atoms with E-state index in [-0.39, 0.29) is 0 Å². The molecular formula is C13H17BrN2. The molecule has 2 aromatic rings. The van der Waals surface area contributed by atoms with Gasteiger partial charge < -0.3 is 10.1 Å². The molecule has 0 saturated heterocycles. The molecule has 2 aromatic heterocycles. The lowest BCUT2D eigenvalue weighted by Crippen LogP contribution is -2.07. The maximum absolute atomic E-state index is 5.65. The first kappa shape index (κ1) is 11.7. The van der Waals surface area contributed by atoms with Crippen LogP contribution in [-0.4, -0.2) is 10.9 Å². The van der Waals surface area contributed by atoms with Gasteiger partial charge in [0.15, 0.2) is 0 Å². The van der Waals surface area contributed by atoms with Crippen LogP contribution in [0.15, 0.2) is 28.9 Å². The predicted molar refractivity (Wildman–Crippen MR) is 71.9 cm³/mol. The number of rotatable bonds is 3. The van der Waals surface area contributed by atoms with E-state index >= 15 is 0 Å². The molecule has 2 nitrogen and oxygen atoms in total. The first-order valence-corrected chi connectivity index (χ1v) is 6.41. The van der Waals surface area contributed by atoms with Crippen molar-refractivity contribution in [1.29, 1.82) is 0 Å². The van der Waals surface area contributed by atoms with Gasteiger partial charge in [-0.2, -0.15) is 0 Å². The topological polar surface area (TPSA) is 30.4 Å². The monoisotopic (exact) mass is 280 g/mol. The van der Waals surface area contributed by atoms with Crippen LogP contribution in [0.25, 0.3) is 5.52 Å². The van der Waals surface area contributed by atoms with E-state index in [1.807, 2.05) is 0 Å². The molecule has 1 atom stereocenters. The molecule has 2 heterocycles. The van der Waals surface area contributed by atoms with Gasteiger partial charge in [0.2, 0.25) is 0 Å². The molecular weight excluding hydrogens is 264 g/mol. The Morgan fingerprint density at radius 3 is 2.88 bits per heavy atom. The second-order valence-corrected chi connectivity index (χ2v) is 5.05. The molecule has 0 aromatic carbocycles. The summed E-state index contributed by atoms with van der Waals surface area (Å²) in [7, 11) is 0. The maximum Gasteiger partial charge on any atom is 0.0597 e.